The van der Waals surface area contributed by atoms with Crippen molar-refractivity contribution in [1.82, 2.24) is 5.32 Å². The molecule has 0 aromatic heterocycles. The molecule has 6 saturated carbocycles. The van der Waals surface area contributed by atoms with E-state index < -0.39 is 141 Å². The number of hydrogen-bond donors (Lipinski definition) is 5. The van der Waals surface area contributed by atoms with Gasteiger partial charge in [-0.3, -0.25) is 24.5 Å². The molecule has 14 heteroatoms. The van der Waals surface area contributed by atoms with E-state index in [2.05, 4.69) is 5.32 Å². The number of carbonyl (C=O) groups is 5. The van der Waals surface area contributed by atoms with Crippen LogP contribution in [0.3, 0.4) is 0 Å². The molecule has 2 aliphatic heterocycles. The van der Waals surface area contributed by atoms with E-state index in [1.165, 1.54) is 27.7 Å². The maximum Gasteiger partial charge on any atom is 0.340 e. The van der Waals surface area contributed by atoms with Gasteiger partial charge in [-0.1, -0.05) is 27.7 Å². The van der Waals surface area contributed by atoms with Crippen molar-refractivity contribution in [2.45, 2.75) is 122 Å². The van der Waals surface area contributed by atoms with Crippen LogP contribution in [0.1, 0.15) is 68.2 Å². The normalized spacial score (nSPS) is 60.2. The predicted molar refractivity (Wildman–Crippen MR) is 162 cm³/mol. The second kappa shape index (κ2) is 9.41. The summed E-state index contributed by atoms with van der Waals surface area (Å²) in [5.41, 5.74) is -8.70. The summed E-state index contributed by atoms with van der Waals surface area (Å²) in [6, 6.07) is -0.443. The molecule has 8 fully saturated rings. The fourth-order valence-corrected chi connectivity index (χ4v) is 13.6. The number of aliphatic hydroxyl groups excluding tert-OH is 2. The maximum atomic E-state index is 14.5. The Hall–Kier alpha value is -2.65. The fraction of sp³-hybridized carbons (Fsp3) is 0.857. The highest BCUT2D eigenvalue weighted by Crippen LogP contribution is 2.79. The molecule has 14 nitrogen and oxygen atoms in total. The minimum atomic E-state index is -2.06. The summed E-state index contributed by atoms with van der Waals surface area (Å²) in [7, 11) is 0. The second-order valence-corrected chi connectivity index (χ2v) is 17.4. The lowest BCUT2D eigenvalue weighted by Crippen LogP contribution is -2.74. The first-order valence-electron chi connectivity index (χ1n) is 17.4. The number of nitrogens with one attached hydrogen (secondary N) is 1. The molecule has 2 unspecified atom stereocenters. The van der Waals surface area contributed by atoms with Gasteiger partial charge in [0.15, 0.2) is 17.1 Å². The summed E-state index contributed by atoms with van der Waals surface area (Å²) in [6.45, 7) is 12.2. The lowest BCUT2D eigenvalue weighted by atomic mass is 9.40. The number of aliphatic hydroxyl groups is 4. The van der Waals surface area contributed by atoms with E-state index in [1.54, 1.807) is 13.8 Å². The lowest BCUT2D eigenvalue weighted by molar-refractivity contribution is -0.278. The molecule has 270 valence electrons. The van der Waals surface area contributed by atoms with Gasteiger partial charge in [0.05, 0.1) is 23.2 Å². The smallest absolute Gasteiger partial charge is 0.340 e. The van der Waals surface area contributed by atoms with E-state index in [-0.39, 0.29) is 18.8 Å². The predicted octanol–water partition coefficient (Wildman–Crippen LogP) is -0.390. The van der Waals surface area contributed by atoms with Crippen molar-refractivity contribution >= 4 is 29.7 Å². The van der Waals surface area contributed by atoms with Crippen LogP contribution in [0.15, 0.2) is 0 Å². The number of fused-ring (bicyclic) bond motifs is 9. The summed E-state index contributed by atoms with van der Waals surface area (Å²) < 4.78 is 24.2. The third-order valence-electron chi connectivity index (χ3n) is 15.6. The van der Waals surface area contributed by atoms with E-state index in [0.717, 1.165) is 0 Å². The molecule has 2 saturated heterocycles. The maximum absolute atomic E-state index is 14.5. The van der Waals surface area contributed by atoms with Crippen molar-refractivity contribution < 1.29 is 63.3 Å². The van der Waals surface area contributed by atoms with Gasteiger partial charge in [0.1, 0.15) is 24.4 Å². The van der Waals surface area contributed by atoms with Crippen LogP contribution in [-0.4, -0.2) is 104 Å². The first kappa shape index (κ1) is 33.5. The highest BCUT2D eigenvalue weighted by Gasteiger charge is 2.91. The van der Waals surface area contributed by atoms with Crippen LogP contribution in [0.2, 0.25) is 0 Å². The molecule has 0 aromatic carbocycles. The Morgan fingerprint density at radius 3 is 2.00 bits per heavy atom. The molecular weight excluding hydrogens is 642 g/mol. The monoisotopic (exact) mass is 689 g/mol. The zero-order valence-electron chi connectivity index (χ0n) is 29.0. The molecule has 0 amide bonds. The Labute approximate surface area is 283 Å². The van der Waals surface area contributed by atoms with E-state index in [9.17, 15) is 44.4 Å². The van der Waals surface area contributed by atoms with Gasteiger partial charge in [-0.15, -0.1) is 0 Å². The lowest BCUT2D eigenvalue weighted by Gasteiger charge is -2.65. The van der Waals surface area contributed by atoms with Crippen molar-refractivity contribution in [2.24, 2.45) is 63.6 Å². The molecule has 1 spiro atoms. The van der Waals surface area contributed by atoms with Gasteiger partial charge >= 0.3 is 23.9 Å². The van der Waals surface area contributed by atoms with Crippen LogP contribution in [0, 0.1) is 63.6 Å². The molecule has 8 aliphatic rings. The van der Waals surface area contributed by atoms with Crippen molar-refractivity contribution in [3.05, 3.63) is 0 Å². The van der Waals surface area contributed by atoms with Gasteiger partial charge in [-0.05, 0) is 31.6 Å². The topological polar surface area (TPSA) is 225 Å². The van der Waals surface area contributed by atoms with E-state index in [0.29, 0.717) is 0 Å². The average molecular weight is 690 g/mol. The van der Waals surface area contributed by atoms with Gasteiger partial charge in [0.25, 0.3) is 0 Å². The van der Waals surface area contributed by atoms with Crippen LogP contribution in [0.5, 0.6) is 0 Å². The Kier molecular flexibility index (Phi) is 6.43. The summed E-state index contributed by atoms with van der Waals surface area (Å²) in [6.07, 6.45) is -6.40. The molecular formula is C35H47NO13. The van der Waals surface area contributed by atoms with Gasteiger partial charge in [-0.25, -0.2) is 4.79 Å². The van der Waals surface area contributed by atoms with Crippen molar-refractivity contribution in [2.75, 3.05) is 0 Å². The van der Waals surface area contributed by atoms with E-state index in [4.69, 9.17) is 18.9 Å². The van der Waals surface area contributed by atoms with Crippen LogP contribution in [-0.2, 0) is 42.9 Å². The second-order valence-electron chi connectivity index (χ2n) is 17.4. The summed E-state index contributed by atoms with van der Waals surface area (Å²) >= 11 is 0. The molecule has 6 aliphatic carbocycles. The zero-order chi connectivity index (χ0) is 35.9. The molecule has 5 N–H and O–H groups in total. The van der Waals surface area contributed by atoms with Crippen LogP contribution >= 0.6 is 0 Å². The number of esters is 4. The molecule has 20 atom stereocenters. The summed E-state index contributed by atoms with van der Waals surface area (Å²) in [4.78, 5) is 66.5. The standard InChI is InChI=1S/C35H47NO13/c1-11-18-21(32(7)33(8,44)29(43)49-35(32)26(11)36-35)24(42)19-17-20(25(46-12(2)37)28(31(18,19)6)48-14(4)39)30(5)15(22(40)23(17)41)9-34(45)10-16(34)27(30)47-13(3)38/h11,15-21,23-28,36,41-42,44-45H,9-10H2,1-8H3/t11-,15+,16+,17?,18-,19+,20?,21-,23+,24+,25-,26+,27-,28-,30-,31+,32-,33+,34+,35-/m0/s1. The largest absolute Gasteiger partial charge is 0.462 e. The van der Waals surface area contributed by atoms with Crippen molar-refractivity contribution in [3.8, 4) is 0 Å². The number of ether oxygens (including phenoxy) is 4. The number of ketones is 1. The average Bonchev–Trinajstić information content (AvgIpc) is 3.86. The summed E-state index contributed by atoms with van der Waals surface area (Å²) in [5, 5.41) is 51.6. The van der Waals surface area contributed by atoms with E-state index in [1.807, 2.05) is 13.8 Å². The SMILES string of the molecule is CC(=O)O[C@H]1C2C([C@@H]3[C@@H](O)[C@@H]4[C@H]([C@H](C)[C@H]5N[C@]56OC(=O)[C@@](C)(O)[C@]46C)[C@@]3(C)[C@H]1OC(C)=O)[C@@H](O)C(=O)[C@H]1C[C@@]3(O)C[C@@H]3[C@H](OC(C)=O)[C@]21C. The number of hydrogen-bond acceptors (Lipinski definition) is 14. The van der Waals surface area contributed by atoms with Gasteiger partial charge in [0, 0.05) is 67.1 Å². The Morgan fingerprint density at radius 2 is 1.41 bits per heavy atom. The molecule has 0 radical (unpaired) electrons. The molecule has 2 heterocycles. The minimum absolute atomic E-state index is 0.0148. The van der Waals surface area contributed by atoms with Crippen molar-refractivity contribution in [3.63, 3.8) is 0 Å². The zero-order valence-corrected chi connectivity index (χ0v) is 29.0. The van der Waals surface area contributed by atoms with Gasteiger partial charge in [-0.2, -0.15) is 0 Å². The van der Waals surface area contributed by atoms with Crippen LogP contribution in [0.4, 0.5) is 0 Å². The molecule has 49 heavy (non-hydrogen) atoms. The van der Waals surface area contributed by atoms with Crippen molar-refractivity contribution in [1.29, 1.82) is 0 Å². The third-order valence-corrected chi connectivity index (χ3v) is 15.6. The van der Waals surface area contributed by atoms with Crippen LogP contribution < -0.4 is 5.32 Å². The van der Waals surface area contributed by atoms with Crippen LogP contribution in [0.25, 0.3) is 0 Å². The Bertz CT molecular complexity index is 1600. The first-order chi connectivity index (χ1) is 22.6. The number of rotatable bonds is 3. The fourth-order valence-electron chi connectivity index (χ4n) is 13.6. The molecule has 8 rings (SSSR count). The highest BCUT2D eigenvalue weighted by molar-refractivity contribution is 5.88. The minimum Gasteiger partial charge on any atom is -0.462 e. The van der Waals surface area contributed by atoms with E-state index >= 15 is 0 Å². The van der Waals surface area contributed by atoms with Gasteiger partial charge < -0.3 is 39.4 Å². The highest BCUT2D eigenvalue weighted by atomic mass is 16.6. The quantitative estimate of drug-likeness (QED) is 0.145. The van der Waals surface area contributed by atoms with Gasteiger partial charge in [0.2, 0.25) is 0 Å². The third kappa shape index (κ3) is 3.53. The number of carbonyl (C=O) groups excluding carboxylic acids is 5. The Balaban J connectivity index is 1.38. The Morgan fingerprint density at radius 1 is 0.816 bits per heavy atom. The molecule has 0 bridgehead atoms. The number of Topliss-reactive ketones (excluding diaryl/α,β-unsaturated/α-hetero) is 1. The summed E-state index contributed by atoms with van der Waals surface area (Å²) in [5.74, 6) is -10.0. The first-order valence-corrected chi connectivity index (χ1v) is 17.4. The molecule has 0 aromatic rings.